The summed E-state index contributed by atoms with van der Waals surface area (Å²) in [6, 6.07) is 7.70. The largest absolute Gasteiger partial charge is 0.240 e. The second-order valence-electron chi connectivity index (χ2n) is 3.11. The van der Waals surface area contributed by atoms with E-state index in [1.54, 1.807) is 6.08 Å². The fraction of sp³-hybridized carbons (Fsp3) is 0.182. The molecule has 0 aliphatic rings. The van der Waals surface area contributed by atoms with Crippen LogP contribution in [0.2, 0.25) is 0 Å². The second kappa shape index (κ2) is 5.45. The Kier molecular flexibility index (Phi) is 4.23. The van der Waals surface area contributed by atoms with E-state index in [9.17, 15) is 8.42 Å². The molecule has 0 aliphatic carbocycles. The third-order valence-corrected chi connectivity index (χ3v) is 3.41. The molecule has 1 aromatic rings. The Morgan fingerprint density at radius 1 is 1.38 bits per heavy atom. The molecule has 0 unspecified atom stereocenters. The molecule has 0 aromatic heterocycles. The summed E-state index contributed by atoms with van der Waals surface area (Å²) in [7, 11) is -3.46. The van der Waals surface area contributed by atoms with Crippen LogP contribution in [0, 0.1) is 11.3 Å². The zero-order valence-electron chi connectivity index (χ0n) is 8.68. The molecule has 1 N–H and O–H groups in total. The number of nitriles is 1. The highest BCUT2D eigenvalue weighted by Crippen LogP contribution is 2.09. The predicted octanol–water partition coefficient (Wildman–Crippen LogP) is 1.41. The van der Waals surface area contributed by atoms with Crippen molar-refractivity contribution in [3.8, 4) is 6.07 Å². The topological polar surface area (TPSA) is 70.0 Å². The molecule has 0 spiro atoms. The standard InChI is InChI=1S/C11H12N2O2S/c1-2-3-8-13-16(14,15)11-6-4-10(9-12)5-7-11/h2,4-7,13H,1,3,8H2. The average molecular weight is 236 g/mol. The fourth-order valence-electron chi connectivity index (χ4n) is 1.09. The number of hydrogen-bond acceptors (Lipinski definition) is 3. The molecule has 5 heteroatoms. The molecule has 0 atom stereocenters. The van der Waals surface area contributed by atoms with E-state index >= 15 is 0 Å². The van der Waals surface area contributed by atoms with Crippen LogP contribution in [0.3, 0.4) is 0 Å². The van der Waals surface area contributed by atoms with Crippen molar-refractivity contribution in [2.45, 2.75) is 11.3 Å². The van der Waals surface area contributed by atoms with Crippen LogP contribution in [-0.4, -0.2) is 15.0 Å². The molecule has 0 radical (unpaired) electrons. The van der Waals surface area contributed by atoms with Crippen LogP contribution in [0.5, 0.6) is 0 Å². The second-order valence-corrected chi connectivity index (χ2v) is 4.88. The lowest BCUT2D eigenvalue weighted by atomic mass is 10.2. The minimum atomic E-state index is -3.46. The van der Waals surface area contributed by atoms with Crippen LogP contribution >= 0.6 is 0 Å². The number of sulfonamides is 1. The van der Waals surface area contributed by atoms with Gasteiger partial charge in [0.05, 0.1) is 16.5 Å². The minimum absolute atomic E-state index is 0.163. The van der Waals surface area contributed by atoms with Crippen LogP contribution < -0.4 is 4.72 Å². The van der Waals surface area contributed by atoms with Crippen molar-refractivity contribution >= 4 is 10.0 Å². The van der Waals surface area contributed by atoms with Crippen molar-refractivity contribution in [2.75, 3.05) is 6.54 Å². The normalized spacial score (nSPS) is 10.7. The Balaban J connectivity index is 2.82. The first-order chi connectivity index (χ1) is 7.60. The molecule has 0 saturated heterocycles. The number of nitrogens with one attached hydrogen (secondary N) is 1. The Morgan fingerprint density at radius 3 is 2.50 bits per heavy atom. The van der Waals surface area contributed by atoms with Gasteiger partial charge in [-0.1, -0.05) is 6.08 Å². The van der Waals surface area contributed by atoms with Crippen molar-refractivity contribution in [3.05, 3.63) is 42.5 Å². The predicted molar refractivity (Wildman–Crippen MR) is 61.2 cm³/mol. The van der Waals surface area contributed by atoms with E-state index < -0.39 is 10.0 Å². The monoisotopic (exact) mass is 236 g/mol. The molecule has 0 saturated carbocycles. The highest BCUT2D eigenvalue weighted by molar-refractivity contribution is 7.89. The summed E-state index contributed by atoms with van der Waals surface area (Å²) in [5.41, 5.74) is 0.435. The van der Waals surface area contributed by atoms with Gasteiger partial charge >= 0.3 is 0 Å². The van der Waals surface area contributed by atoms with Gasteiger partial charge in [-0.3, -0.25) is 0 Å². The number of benzene rings is 1. The first kappa shape index (κ1) is 12.4. The fourth-order valence-corrected chi connectivity index (χ4v) is 2.13. The zero-order chi connectivity index (χ0) is 12.0. The van der Waals surface area contributed by atoms with Crippen molar-refractivity contribution in [2.24, 2.45) is 0 Å². The van der Waals surface area contributed by atoms with E-state index in [0.717, 1.165) is 0 Å². The van der Waals surface area contributed by atoms with E-state index in [1.165, 1.54) is 24.3 Å². The smallest absolute Gasteiger partial charge is 0.211 e. The van der Waals surface area contributed by atoms with Gasteiger partial charge in [0.2, 0.25) is 10.0 Å². The summed E-state index contributed by atoms with van der Waals surface area (Å²) in [5.74, 6) is 0. The van der Waals surface area contributed by atoms with E-state index in [4.69, 9.17) is 5.26 Å². The van der Waals surface area contributed by atoms with E-state index in [2.05, 4.69) is 11.3 Å². The molecule has 1 rings (SSSR count). The van der Waals surface area contributed by atoms with E-state index in [1.807, 2.05) is 6.07 Å². The number of rotatable bonds is 5. The van der Waals surface area contributed by atoms with Gasteiger partial charge in [-0.15, -0.1) is 6.58 Å². The molecule has 0 amide bonds. The van der Waals surface area contributed by atoms with Crippen LogP contribution in [0.25, 0.3) is 0 Å². The van der Waals surface area contributed by atoms with E-state index in [0.29, 0.717) is 18.5 Å². The van der Waals surface area contributed by atoms with E-state index in [-0.39, 0.29) is 4.90 Å². The molecule has 16 heavy (non-hydrogen) atoms. The lowest BCUT2D eigenvalue weighted by Gasteiger charge is -2.04. The SMILES string of the molecule is C=CCCNS(=O)(=O)c1ccc(C#N)cc1. The lowest BCUT2D eigenvalue weighted by Crippen LogP contribution is -2.24. The first-order valence-electron chi connectivity index (χ1n) is 4.71. The van der Waals surface area contributed by atoms with Gasteiger partial charge in [-0.2, -0.15) is 5.26 Å². The van der Waals surface area contributed by atoms with Gasteiger partial charge < -0.3 is 0 Å². The van der Waals surface area contributed by atoms with Crippen molar-refractivity contribution in [1.29, 1.82) is 5.26 Å². The quantitative estimate of drug-likeness (QED) is 0.620. The van der Waals surface area contributed by atoms with Crippen molar-refractivity contribution in [3.63, 3.8) is 0 Å². The average Bonchev–Trinajstić information content (AvgIpc) is 2.29. The Bertz CT molecular complexity index is 498. The molecule has 4 nitrogen and oxygen atoms in total. The van der Waals surface area contributed by atoms with Gasteiger partial charge in [-0.25, -0.2) is 13.1 Å². The summed E-state index contributed by atoms with van der Waals surface area (Å²) in [5, 5.41) is 8.58. The maximum atomic E-state index is 11.7. The van der Waals surface area contributed by atoms with Crippen LogP contribution in [0.1, 0.15) is 12.0 Å². The van der Waals surface area contributed by atoms with Crippen LogP contribution in [-0.2, 0) is 10.0 Å². The highest BCUT2D eigenvalue weighted by atomic mass is 32.2. The molecule has 84 valence electrons. The van der Waals surface area contributed by atoms with Crippen LogP contribution in [0.15, 0.2) is 41.8 Å². The van der Waals surface area contributed by atoms with Crippen molar-refractivity contribution in [1.82, 2.24) is 4.72 Å². The van der Waals surface area contributed by atoms with Gasteiger partial charge in [0.1, 0.15) is 0 Å². The molecule has 1 aromatic carbocycles. The number of nitrogens with zero attached hydrogens (tertiary/aromatic N) is 1. The van der Waals surface area contributed by atoms with Gasteiger partial charge in [-0.05, 0) is 30.7 Å². The molecular formula is C11H12N2O2S. The Hall–Kier alpha value is -1.64. The Morgan fingerprint density at radius 2 is 2.00 bits per heavy atom. The third-order valence-electron chi connectivity index (χ3n) is 1.93. The van der Waals surface area contributed by atoms with Gasteiger partial charge in [0, 0.05) is 6.54 Å². The summed E-state index contributed by atoms with van der Waals surface area (Å²) in [4.78, 5) is 0.163. The summed E-state index contributed by atoms with van der Waals surface area (Å²) >= 11 is 0. The van der Waals surface area contributed by atoms with Crippen molar-refractivity contribution < 1.29 is 8.42 Å². The summed E-state index contributed by atoms with van der Waals surface area (Å²) in [6.45, 7) is 3.83. The third kappa shape index (κ3) is 3.19. The lowest BCUT2D eigenvalue weighted by molar-refractivity contribution is 0.582. The summed E-state index contributed by atoms with van der Waals surface area (Å²) in [6.07, 6.45) is 2.22. The number of hydrogen-bond donors (Lipinski definition) is 1. The molecule has 0 aliphatic heterocycles. The molecular weight excluding hydrogens is 224 g/mol. The molecule has 0 heterocycles. The van der Waals surface area contributed by atoms with Gasteiger partial charge in [0.25, 0.3) is 0 Å². The van der Waals surface area contributed by atoms with Crippen LogP contribution in [0.4, 0.5) is 0 Å². The molecule has 0 bridgehead atoms. The van der Waals surface area contributed by atoms with Gasteiger partial charge in [0.15, 0.2) is 0 Å². The summed E-state index contributed by atoms with van der Waals surface area (Å²) < 4.78 is 25.8. The first-order valence-corrected chi connectivity index (χ1v) is 6.19. The zero-order valence-corrected chi connectivity index (χ0v) is 9.50. The molecule has 0 fully saturated rings. The highest BCUT2D eigenvalue weighted by Gasteiger charge is 2.12. The maximum absolute atomic E-state index is 11.7. The maximum Gasteiger partial charge on any atom is 0.240 e. The minimum Gasteiger partial charge on any atom is -0.211 e. The Labute approximate surface area is 95.3 Å².